The van der Waals surface area contributed by atoms with Crippen LogP contribution in [0.15, 0.2) is 36.4 Å². The van der Waals surface area contributed by atoms with Gasteiger partial charge in [0.15, 0.2) is 0 Å². The largest absolute Gasteiger partial charge is 0.490 e. The predicted octanol–water partition coefficient (Wildman–Crippen LogP) is 6.81. The summed E-state index contributed by atoms with van der Waals surface area (Å²) in [5.41, 5.74) is 1.86. The van der Waals surface area contributed by atoms with Gasteiger partial charge >= 0.3 is 0 Å². The van der Waals surface area contributed by atoms with Crippen LogP contribution in [-0.2, 0) is 6.54 Å². The first-order valence-corrected chi connectivity index (χ1v) is 11.4. The van der Waals surface area contributed by atoms with Crippen LogP contribution in [0.3, 0.4) is 0 Å². The van der Waals surface area contributed by atoms with Gasteiger partial charge in [-0.2, -0.15) is 0 Å². The first kappa shape index (κ1) is 19.8. The van der Waals surface area contributed by atoms with E-state index in [1.165, 1.54) is 74.4 Å². The molecule has 0 aromatic heterocycles. The van der Waals surface area contributed by atoms with Crippen molar-refractivity contribution in [3.05, 3.63) is 42.0 Å². The molecule has 0 amide bonds. The average molecular weight is 380 g/mol. The molecule has 2 aromatic carbocycles. The number of likely N-dealkylation sites (tertiary alicyclic amines) is 1. The molecule has 2 aliphatic rings. The van der Waals surface area contributed by atoms with Crippen molar-refractivity contribution in [2.45, 2.75) is 78.4 Å². The second-order valence-corrected chi connectivity index (χ2v) is 10.1. The van der Waals surface area contributed by atoms with Crippen molar-refractivity contribution in [1.82, 2.24) is 4.90 Å². The third kappa shape index (κ3) is 4.89. The van der Waals surface area contributed by atoms with Gasteiger partial charge in [0.25, 0.3) is 0 Å². The van der Waals surface area contributed by atoms with Gasteiger partial charge in [-0.25, -0.2) is 0 Å². The monoisotopic (exact) mass is 379 g/mol. The fraction of sp³-hybridized carbons (Fsp3) is 0.615. The molecule has 28 heavy (non-hydrogen) atoms. The highest BCUT2D eigenvalue weighted by Gasteiger charge is 2.30. The highest BCUT2D eigenvalue weighted by atomic mass is 16.5. The standard InChI is InChI=1S/C26H37NO/c1-26(2,3)23-10-13-24(14-11-23)28-25-12-9-21-17-20(7-8-22(21)18-25)19-27-15-5-4-6-16-27/h7-9,12,17-18,23-24H,4-6,10-11,13-16,19H2,1-3H3/t23-,24+. The van der Waals surface area contributed by atoms with Crippen LogP contribution in [0.5, 0.6) is 5.75 Å². The zero-order chi connectivity index (χ0) is 19.6. The first-order valence-electron chi connectivity index (χ1n) is 11.4. The molecule has 1 aliphatic heterocycles. The van der Waals surface area contributed by atoms with Crippen LogP contribution in [0, 0.1) is 11.3 Å². The second-order valence-electron chi connectivity index (χ2n) is 10.1. The molecule has 1 saturated heterocycles. The normalized spacial score (nSPS) is 24.4. The Kier molecular flexibility index (Phi) is 5.96. The first-order chi connectivity index (χ1) is 13.5. The fourth-order valence-electron chi connectivity index (χ4n) is 5.06. The third-order valence-corrected chi connectivity index (χ3v) is 6.93. The zero-order valence-corrected chi connectivity index (χ0v) is 18.0. The van der Waals surface area contributed by atoms with Crippen LogP contribution < -0.4 is 4.74 Å². The Hall–Kier alpha value is -1.54. The molecule has 1 saturated carbocycles. The maximum Gasteiger partial charge on any atom is 0.120 e. The van der Waals surface area contributed by atoms with Crippen LogP contribution in [-0.4, -0.2) is 24.1 Å². The summed E-state index contributed by atoms with van der Waals surface area (Å²) in [6.45, 7) is 10.7. The van der Waals surface area contributed by atoms with E-state index in [9.17, 15) is 0 Å². The summed E-state index contributed by atoms with van der Waals surface area (Å²) in [5, 5.41) is 2.63. The molecular weight excluding hydrogens is 342 g/mol. The highest BCUT2D eigenvalue weighted by Crippen LogP contribution is 2.39. The number of hydrogen-bond acceptors (Lipinski definition) is 2. The summed E-state index contributed by atoms with van der Waals surface area (Å²) in [4.78, 5) is 2.59. The molecule has 0 unspecified atom stereocenters. The Morgan fingerprint density at radius 1 is 0.857 bits per heavy atom. The molecule has 0 radical (unpaired) electrons. The lowest BCUT2D eigenvalue weighted by atomic mass is 9.72. The molecule has 2 aromatic rings. The second kappa shape index (κ2) is 8.45. The minimum Gasteiger partial charge on any atom is -0.490 e. The van der Waals surface area contributed by atoms with Gasteiger partial charge in [-0.05, 0) is 97.5 Å². The van der Waals surface area contributed by atoms with E-state index in [1.54, 1.807) is 0 Å². The molecule has 0 atom stereocenters. The summed E-state index contributed by atoms with van der Waals surface area (Å²) in [5.74, 6) is 1.87. The topological polar surface area (TPSA) is 12.5 Å². The van der Waals surface area contributed by atoms with Crippen molar-refractivity contribution in [1.29, 1.82) is 0 Å². The summed E-state index contributed by atoms with van der Waals surface area (Å²) < 4.78 is 6.37. The number of piperidine rings is 1. The maximum absolute atomic E-state index is 6.37. The van der Waals surface area contributed by atoms with E-state index in [4.69, 9.17) is 4.74 Å². The highest BCUT2D eigenvalue weighted by molar-refractivity contribution is 5.84. The molecule has 2 fully saturated rings. The van der Waals surface area contributed by atoms with Gasteiger partial charge in [0.05, 0.1) is 6.10 Å². The van der Waals surface area contributed by atoms with Crippen molar-refractivity contribution in [3.63, 3.8) is 0 Å². The number of fused-ring (bicyclic) bond motifs is 1. The Morgan fingerprint density at radius 2 is 1.54 bits per heavy atom. The van der Waals surface area contributed by atoms with Crippen molar-refractivity contribution in [2.24, 2.45) is 11.3 Å². The summed E-state index contributed by atoms with van der Waals surface area (Å²) in [7, 11) is 0. The number of nitrogens with zero attached hydrogens (tertiary/aromatic N) is 1. The number of rotatable bonds is 4. The van der Waals surface area contributed by atoms with Gasteiger partial charge in [0.2, 0.25) is 0 Å². The van der Waals surface area contributed by atoms with Gasteiger partial charge < -0.3 is 4.74 Å². The minimum absolute atomic E-state index is 0.384. The van der Waals surface area contributed by atoms with Crippen molar-refractivity contribution in [3.8, 4) is 5.75 Å². The van der Waals surface area contributed by atoms with Gasteiger partial charge in [-0.15, -0.1) is 0 Å². The molecule has 2 nitrogen and oxygen atoms in total. The number of benzene rings is 2. The quantitative estimate of drug-likeness (QED) is 0.578. The molecule has 1 aliphatic carbocycles. The van der Waals surface area contributed by atoms with E-state index in [0.717, 1.165) is 18.2 Å². The molecular formula is C26H37NO. The van der Waals surface area contributed by atoms with Crippen LogP contribution in [0.25, 0.3) is 10.8 Å². The third-order valence-electron chi connectivity index (χ3n) is 6.93. The fourth-order valence-corrected chi connectivity index (χ4v) is 5.06. The van der Waals surface area contributed by atoms with Crippen molar-refractivity contribution < 1.29 is 4.74 Å². The van der Waals surface area contributed by atoms with Crippen LogP contribution in [0.1, 0.15) is 71.3 Å². The lowest BCUT2D eigenvalue weighted by Crippen LogP contribution is -2.30. The van der Waals surface area contributed by atoms with Crippen molar-refractivity contribution >= 4 is 10.8 Å². The number of hydrogen-bond donors (Lipinski definition) is 0. The zero-order valence-electron chi connectivity index (χ0n) is 18.0. The van der Waals surface area contributed by atoms with Crippen LogP contribution in [0.4, 0.5) is 0 Å². The van der Waals surface area contributed by atoms with Crippen LogP contribution >= 0.6 is 0 Å². The molecule has 4 rings (SSSR count). The van der Waals surface area contributed by atoms with Gasteiger partial charge in [-0.1, -0.05) is 45.4 Å². The van der Waals surface area contributed by atoms with E-state index in [-0.39, 0.29) is 0 Å². The Morgan fingerprint density at radius 3 is 2.25 bits per heavy atom. The van der Waals surface area contributed by atoms with Gasteiger partial charge in [0, 0.05) is 6.54 Å². The van der Waals surface area contributed by atoms with Gasteiger partial charge in [-0.3, -0.25) is 4.90 Å². The Bertz CT molecular complexity index is 777. The van der Waals surface area contributed by atoms with E-state index >= 15 is 0 Å². The molecule has 0 N–H and O–H groups in total. The molecule has 152 valence electrons. The lowest BCUT2D eigenvalue weighted by molar-refractivity contribution is 0.0883. The molecule has 0 bridgehead atoms. The average Bonchev–Trinajstić information content (AvgIpc) is 2.69. The number of ether oxygens (including phenoxy) is 1. The maximum atomic E-state index is 6.37. The lowest BCUT2D eigenvalue weighted by Gasteiger charge is -2.37. The Labute approximate surface area is 171 Å². The smallest absolute Gasteiger partial charge is 0.120 e. The Balaban J connectivity index is 1.37. The summed E-state index contributed by atoms with van der Waals surface area (Å²) in [6, 6.07) is 13.6. The van der Waals surface area contributed by atoms with Crippen molar-refractivity contribution in [2.75, 3.05) is 13.1 Å². The SMILES string of the molecule is CC(C)(C)[C@H]1CC[C@@H](Oc2ccc3cc(CN4CCCCC4)ccc3c2)CC1. The van der Waals surface area contributed by atoms with E-state index in [0.29, 0.717) is 11.5 Å². The van der Waals surface area contributed by atoms with E-state index < -0.39 is 0 Å². The van der Waals surface area contributed by atoms with E-state index in [2.05, 4.69) is 62.1 Å². The van der Waals surface area contributed by atoms with Crippen LogP contribution in [0.2, 0.25) is 0 Å². The summed E-state index contributed by atoms with van der Waals surface area (Å²) >= 11 is 0. The summed E-state index contributed by atoms with van der Waals surface area (Å²) in [6.07, 6.45) is 9.45. The van der Waals surface area contributed by atoms with E-state index in [1.807, 2.05) is 0 Å². The predicted molar refractivity (Wildman–Crippen MR) is 119 cm³/mol. The minimum atomic E-state index is 0.384. The van der Waals surface area contributed by atoms with Gasteiger partial charge in [0.1, 0.15) is 5.75 Å². The molecule has 0 spiro atoms. The molecule has 2 heteroatoms. The molecule has 1 heterocycles.